The fraction of sp³-hybridized carbons (Fsp3) is 0.0426. The highest BCUT2D eigenvalue weighted by Gasteiger charge is 2.31. The van der Waals surface area contributed by atoms with Crippen molar-refractivity contribution in [2.24, 2.45) is 0 Å². The minimum absolute atomic E-state index is 0.443. The molecule has 0 radical (unpaired) electrons. The number of benzene rings is 7. The van der Waals surface area contributed by atoms with Crippen molar-refractivity contribution in [3.63, 3.8) is 0 Å². The SMILES string of the molecule is [C-]#[N+]c1ccc2c(c1)c1ccccc1n2-c1ccc(-c2ccc(C(F)(F)F)cc2C)cc1-c1ccc(C#N)cc1-n1c2ccccc2c2cc(C#N)ccc21. The second kappa shape index (κ2) is 12.5. The van der Waals surface area contributed by atoms with Gasteiger partial charge in [0.05, 0.1) is 68.8 Å². The van der Waals surface area contributed by atoms with Crippen LogP contribution in [0.15, 0.2) is 140 Å². The van der Waals surface area contributed by atoms with Gasteiger partial charge in [-0.15, -0.1) is 0 Å². The molecule has 9 aromatic rings. The summed E-state index contributed by atoms with van der Waals surface area (Å²) < 4.78 is 45.5. The van der Waals surface area contributed by atoms with E-state index in [9.17, 15) is 23.7 Å². The van der Waals surface area contributed by atoms with Gasteiger partial charge in [0.2, 0.25) is 0 Å². The van der Waals surface area contributed by atoms with E-state index < -0.39 is 11.7 Å². The summed E-state index contributed by atoms with van der Waals surface area (Å²) in [5.74, 6) is 0. The second-order valence-corrected chi connectivity index (χ2v) is 13.5. The number of aryl methyl sites for hydroxylation is 1. The van der Waals surface area contributed by atoms with Crippen LogP contribution in [0.1, 0.15) is 22.3 Å². The van der Waals surface area contributed by atoms with E-state index in [2.05, 4.69) is 26.1 Å². The number of halogens is 3. The predicted octanol–water partition coefficient (Wildman–Crippen LogP) is 12.8. The zero-order chi connectivity index (χ0) is 38.0. The molecule has 0 saturated heterocycles. The molecule has 0 N–H and O–H groups in total. The van der Waals surface area contributed by atoms with Gasteiger partial charge in [-0.2, -0.15) is 23.7 Å². The Kier molecular flexibility index (Phi) is 7.57. The van der Waals surface area contributed by atoms with Crippen molar-refractivity contribution in [1.82, 2.24) is 9.13 Å². The molecule has 0 bridgehead atoms. The van der Waals surface area contributed by atoms with E-state index in [0.717, 1.165) is 72.1 Å². The lowest BCUT2D eigenvalue weighted by Gasteiger charge is -2.20. The molecule has 0 amide bonds. The third kappa shape index (κ3) is 5.30. The van der Waals surface area contributed by atoms with Crippen molar-refractivity contribution in [1.29, 1.82) is 10.5 Å². The van der Waals surface area contributed by atoms with Crippen molar-refractivity contribution in [3.05, 3.63) is 173 Å². The fourth-order valence-electron chi connectivity index (χ4n) is 7.88. The van der Waals surface area contributed by atoms with E-state index in [1.54, 1.807) is 25.1 Å². The van der Waals surface area contributed by atoms with E-state index in [-0.39, 0.29) is 0 Å². The zero-order valence-electron chi connectivity index (χ0n) is 29.1. The van der Waals surface area contributed by atoms with Gasteiger partial charge in [0, 0.05) is 27.3 Å². The Bertz CT molecular complexity index is 3200. The first-order valence-corrected chi connectivity index (χ1v) is 17.4. The van der Waals surface area contributed by atoms with Crippen LogP contribution in [-0.4, -0.2) is 9.13 Å². The average Bonchev–Trinajstić information content (AvgIpc) is 3.72. The van der Waals surface area contributed by atoms with Crippen LogP contribution >= 0.6 is 0 Å². The average molecular weight is 718 g/mol. The molecule has 0 aliphatic heterocycles. The molecule has 0 unspecified atom stereocenters. The lowest BCUT2D eigenvalue weighted by atomic mass is 9.92. The molecule has 0 saturated carbocycles. The monoisotopic (exact) mass is 717 g/mol. The van der Waals surface area contributed by atoms with Crippen LogP contribution in [0, 0.1) is 36.2 Å². The molecule has 7 aromatic carbocycles. The van der Waals surface area contributed by atoms with Crippen molar-refractivity contribution in [2.45, 2.75) is 13.1 Å². The number of aromatic nitrogens is 2. The smallest absolute Gasteiger partial charge is 0.309 e. The van der Waals surface area contributed by atoms with Gasteiger partial charge in [0.15, 0.2) is 5.69 Å². The normalized spacial score (nSPS) is 11.6. The van der Waals surface area contributed by atoms with Crippen molar-refractivity contribution >= 4 is 49.3 Å². The van der Waals surface area contributed by atoms with Gasteiger partial charge in [-0.1, -0.05) is 60.7 Å². The molecule has 5 nitrogen and oxygen atoms in total. The predicted molar refractivity (Wildman–Crippen MR) is 211 cm³/mol. The van der Waals surface area contributed by atoms with Gasteiger partial charge in [-0.25, -0.2) is 4.85 Å². The molecule has 0 aliphatic carbocycles. The van der Waals surface area contributed by atoms with E-state index in [0.29, 0.717) is 33.6 Å². The standard InChI is InChI=1S/C47H26F3N5/c1-28-21-32(47(48,49)50)14-17-34(28)31-13-19-44(54-41-9-5-4-8-36(41)40-25-33(53-2)15-20-45(40)54)39(24-31)37-16-11-30(27-52)23-46(37)55-42-10-6-3-7-35(42)38-22-29(26-51)12-18-43(38)55/h3-25H,1H3. The molecule has 0 atom stereocenters. The Labute approximate surface area is 313 Å². The summed E-state index contributed by atoms with van der Waals surface area (Å²) in [6.45, 7) is 9.37. The summed E-state index contributed by atoms with van der Waals surface area (Å²) in [7, 11) is 0. The van der Waals surface area contributed by atoms with E-state index in [1.165, 1.54) is 12.1 Å². The number of hydrogen-bond donors (Lipinski definition) is 0. The first-order valence-electron chi connectivity index (χ1n) is 17.4. The summed E-state index contributed by atoms with van der Waals surface area (Å²) in [6, 6.07) is 46.9. The van der Waals surface area contributed by atoms with E-state index in [4.69, 9.17) is 6.57 Å². The molecular formula is C47H26F3N5. The van der Waals surface area contributed by atoms with Crippen molar-refractivity contribution in [2.75, 3.05) is 0 Å². The number of fused-ring (bicyclic) bond motifs is 6. The quantitative estimate of drug-likeness (QED) is 0.170. The van der Waals surface area contributed by atoms with Crippen LogP contribution in [0.5, 0.6) is 0 Å². The first-order chi connectivity index (χ1) is 26.7. The van der Waals surface area contributed by atoms with E-state index in [1.807, 2.05) is 103 Å². The van der Waals surface area contributed by atoms with Crippen LogP contribution in [0.3, 0.4) is 0 Å². The van der Waals surface area contributed by atoms with Crippen LogP contribution in [0.4, 0.5) is 18.9 Å². The number of nitriles is 2. The summed E-state index contributed by atoms with van der Waals surface area (Å²) >= 11 is 0. The summed E-state index contributed by atoms with van der Waals surface area (Å²) in [5, 5.41) is 23.7. The Hall–Kier alpha value is -7.60. The zero-order valence-corrected chi connectivity index (χ0v) is 29.1. The molecular weight excluding hydrogens is 692 g/mol. The van der Waals surface area contributed by atoms with Gasteiger partial charge < -0.3 is 9.13 Å². The molecule has 55 heavy (non-hydrogen) atoms. The second-order valence-electron chi connectivity index (χ2n) is 13.5. The summed E-state index contributed by atoms with van der Waals surface area (Å²) in [6.07, 6.45) is -4.48. The molecule has 0 fully saturated rings. The lowest BCUT2D eigenvalue weighted by Crippen LogP contribution is -2.05. The van der Waals surface area contributed by atoms with Crippen LogP contribution in [0.25, 0.3) is 82.1 Å². The van der Waals surface area contributed by atoms with Gasteiger partial charge in [-0.3, -0.25) is 0 Å². The molecule has 0 aliphatic rings. The highest BCUT2D eigenvalue weighted by molar-refractivity contribution is 6.12. The maximum Gasteiger partial charge on any atom is 0.416 e. The first kappa shape index (κ1) is 33.3. The van der Waals surface area contributed by atoms with E-state index >= 15 is 0 Å². The number of nitrogens with zero attached hydrogens (tertiary/aromatic N) is 5. The molecule has 260 valence electrons. The maximum absolute atomic E-state index is 13.7. The number of para-hydroxylation sites is 2. The Balaban J connectivity index is 1.41. The topological polar surface area (TPSA) is 61.8 Å². The van der Waals surface area contributed by atoms with Crippen molar-refractivity contribution < 1.29 is 13.2 Å². The van der Waals surface area contributed by atoms with Crippen molar-refractivity contribution in [3.8, 4) is 45.8 Å². The minimum Gasteiger partial charge on any atom is -0.309 e. The Morgan fingerprint density at radius 1 is 0.545 bits per heavy atom. The third-order valence-corrected chi connectivity index (χ3v) is 10.3. The van der Waals surface area contributed by atoms with Gasteiger partial charge >= 0.3 is 6.18 Å². The fourth-order valence-corrected chi connectivity index (χ4v) is 7.88. The lowest BCUT2D eigenvalue weighted by molar-refractivity contribution is -0.137. The largest absolute Gasteiger partial charge is 0.416 e. The Morgan fingerprint density at radius 3 is 1.78 bits per heavy atom. The molecule has 0 spiro atoms. The third-order valence-electron chi connectivity index (χ3n) is 10.3. The highest BCUT2D eigenvalue weighted by Crippen LogP contribution is 2.44. The molecule has 2 aromatic heterocycles. The molecule has 9 rings (SSSR count). The molecule has 8 heteroatoms. The minimum atomic E-state index is -4.48. The summed E-state index contributed by atoms with van der Waals surface area (Å²) in [5.41, 5.74) is 9.20. The van der Waals surface area contributed by atoms with Gasteiger partial charge in [-0.05, 0) is 108 Å². The number of hydrogen-bond acceptors (Lipinski definition) is 2. The Morgan fingerprint density at radius 2 is 1.13 bits per heavy atom. The molecule has 2 heterocycles. The van der Waals surface area contributed by atoms with Crippen LogP contribution in [-0.2, 0) is 6.18 Å². The van der Waals surface area contributed by atoms with Crippen LogP contribution < -0.4 is 0 Å². The highest BCUT2D eigenvalue weighted by atomic mass is 19.4. The number of rotatable bonds is 4. The van der Waals surface area contributed by atoms with Gasteiger partial charge in [0.1, 0.15) is 0 Å². The number of alkyl halides is 3. The van der Waals surface area contributed by atoms with Crippen LogP contribution in [0.2, 0.25) is 0 Å². The maximum atomic E-state index is 13.7. The summed E-state index contributed by atoms with van der Waals surface area (Å²) in [4.78, 5) is 3.69. The van der Waals surface area contributed by atoms with Gasteiger partial charge in [0.25, 0.3) is 0 Å².